The maximum absolute atomic E-state index is 11.7. The van der Waals surface area contributed by atoms with E-state index in [9.17, 15) is 24.3 Å². The number of aromatic hydroxyl groups is 1. The van der Waals surface area contributed by atoms with Crippen LogP contribution in [0.5, 0.6) is 11.6 Å². The van der Waals surface area contributed by atoms with Crippen molar-refractivity contribution in [1.29, 1.82) is 0 Å². The number of rotatable bonds is 6. The van der Waals surface area contributed by atoms with E-state index in [4.69, 9.17) is 4.74 Å². The van der Waals surface area contributed by atoms with E-state index in [1.165, 1.54) is 19.3 Å². The van der Waals surface area contributed by atoms with Crippen LogP contribution in [0.4, 0.5) is 5.69 Å². The lowest BCUT2D eigenvalue weighted by Crippen LogP contribution is -2.27. The van der Waals surface area contributed by atoms with E-state index in [-0.39, 0.29) is 0 Å². The zero-order chi connectivity index (χ0) is 19.8. The molecule has 1 heterocycles. The minimum absolute atomic E-state index is 0.485. The summed E-state index contributed by atoms with van der Waals surface area (Å²) in [4.78, 5) is 49.4. The Morgan fingerprint density at radius 3 is 2.70 bits per heavy atom. The van der Waals surface area contributed by atoms with Crippen LogP contribution in [0.2, 0.25) is 0 Å². The van der Waals surface area contributed by atoms with Crippen molar-refractivity contribution in [3.05, 3.63) is 56.7 Å². The second-order valence-electron chi connectivity index (χ2n) is 4.99. The third-order valence-electron chi connectivity index (χ3n) is 3.13. The first-order valence-electron chi connectivity index (χ1n) is 7.49. The van der Waals surface area contributed by atoms with Gasteiger partial charge in [-0.05, 0) is 12.1 Å². The van der Waals surface area contributed by atoms with Crippen molar-refractivity contribution >= 4 is 23.6 Å². The van der Waals surface area contributed by atoms with Gasteiger partial charge in [0.25, 0.3) is 11.5 Å². The molecule has 0 unspecified atom stereocenters. The van der Waals surface area contributed by atoms with Gasteiger partial charge < -0.3 is 15.2 Å². The van der Waals surface area contributed by atoms with E-state index in [2.05, 4.69) is 15.5 Å². The molecule has 0 saturated heterocycles. The average molecular weight is 373 g/mol. The summed E-state index contributed by atoms with van der Waals surface area (Å²) in [5.41, 5.74) is -1.91. The number of aromatic amines is 2. The maximum Gasteiger partial charge on any atom is 0.328 e. The van der Waals surface area contributed by atoms with Crippen molar-refractivity contribution in [2.24, 2.45) is 10.2 Å². The van der Waals surface area contributed by atoms with E-state index in [0.29, 0.717) is 11.3 Å². The van der Waals surface area contributed by atoms with Gasteiger partial charge in [0.15, 0.2) is 0 Å². The zero-order valence-corrected chi connectivity index (χ0v) is 14.1. The van der Waals surface area contributed by atoms with E-state index < -0.39 is 41.2 Å². The number of methoxy groups -OCH3 is 1. The average Bonchev–Trinajstić information content (AvgIpc) is 2.64. The Balaban J connectivity index is 1.94. The summed E-state index contributed by atoms with van der Waals surface area (Å²) in [6.07, 6.45) is 2.72. The van der Waals surface area contributed by atoms with Crippen molar-refractivity contribution in [2.75, 3.05) is 13.7 Å². The van der Waals surface area contributed by atoms with Crippen LogP contribution in [0.25, 0.3) is 6.08 Å². The quantitative estimate of drug-likeness (QED) is 0.417. The normalized spacial score (nSPS) is 11.0. The molecule has 27 heavy (non-hydrogen) atoms. The number of aromatic nitrogens is 2. The Kier molecular flexibility index (Phi) is 6.36. The van der Waals surface area contributed by atoms with Crippen LogP contribution in [0.15, 0.2) is 50.2 Å². The first kappa shape index (κ1) is 19.3. The molecule has 0 aliphatic rings. The number of hydrogen-bond acceptors (Lipinski definition) is 7. The van der Waals surface area contributed by atoms with Gasteiger partial charge in [-0.1, -0.05) is 18.2 Å². The Morgan fingerprint density at radius 1 is 1.26 bits per heavy atom. The second-order valence-corrected chi connectivity index (χ2v) is 4.99. The van der Waals surface area contributed by atoms with Gasteiger partial charge in [0.1, 0.15) is 12.3 Å². The SMILES string of the molecule is COc1ccccc1/C=C/C(=O)NCC(=O)N=Nc1c(O)[nH]c(=O)[nH]c1=O. The molecule has 2 aromatic rings. The molecule has 0 radical (unpaired) electrons. The summed E-state index contributed by atoms with van der Waals surface area (Å²) in [6.45, 7) is -0.485. The van der Waals surface area contributed by atoms with E-state index in [1.807, 2.05) is 9.97 Å². The maximum atomic E-state index is 11.7. The standard InChI is InChI=1S/C16H15N5O6/c1-27-10-5-3-2-4-9(10)6-7-11(22)17-8-12(23)20-21-13-14(24)18-16(26)19-15(13)25/h2-7H,8H2,1H3,(H,17,22)(H3,18,19,24,25,26)/b7-6+,21-20?. The van der Waals surface area contributed by atoms with Crippen LogP contribution in [0, 0.1) is 0 Å². The van der Waals surface area contributed by atoms with Gasteiger partial charge >= 0.3 is 5.69 Å². The van der Waals surface area contributed by atoms with E-state index in [1.54, 1.807) is 24.3 Å². The first-order chi connectivity index (χ1) is 12.9. The van der Waals surface area contributed by atoms with E-state index >= 15 is 0 Å². The van der Waals surface area contributed by atoms with Gasteiger partial charge in [-0.25, -0.2) is 4.79 Å². The van der Waals surface area contributed by atoms with Crippen LogP contribution in [-0.4, -0.2) is 40.5 Å². The second kappa shape index (κ2) is 8.89. The molecule has 11 nitrogen and oxygen atoms in total. The van der Waals surface area contributed by atoms with Crippen LogP contribution < -0.4 is 21.3 Å². The highest BCUT2D eigenvalue weighted by Gasteiger charge is 2.09. The predicted molar refractivity (Wildman–Crippen MR) is 93.9 cm³/mol. The zero-order valence-electron chi connectivity index (χ0n) is 14.1. The van der Waals surface area contributed by atoms with Gasteiger partial charge in [0.05, 0.1) is 7.11 Å². The number of benzene rings is 1. The molecule has 0 atom stereocenters. The number of amides is 2. The Labute approximate surface area is 151 Å². The fourth-order valence-electron chi connectivity index (χ4n) is 1.89. The lowest BCUT2D eigenvalue weighted by molar-refractivity contribution is -0.122. The summed E-state index contributed by atoms with van der Waals surface area (Å²) in [7, 11) is 1.50. The fourth-order valence-corrected chi connectivity index (χ4v) is 1.89. The monoisotopic (exact) mass is 373 g/mol. The number of hydrogen-bond donors (Lipinski definition) is 4. The summed E-state index contributed by atoms with van der Waals surface area (Å²) >= 11 is 0. The molecule has 1 aromatic carbocycles. The van der Waals surface area contributed by atoms with Gasteiger partial charge in [0, 0.05) is 11.6 Å². The van der Waals surface area contributed by atoms with Crippen molar-refractivity contribution < 1.29 is 19.4 Å². The van der Waals surface area contributed by atoms with Gasteiger partial charge in [-0.3, -0.25) is 24.4 Å². The summed E-state index contributed by atoms with van der Waals surface area (Å²) in [6, 6.07) is 7.04. The summed E-state index contributed by atoms with van der Waals surface area (Å²) < 4.78 is 5.14. The summed E-state index contributed by atoms with van der Waals surface area (Å²) in [5, 5.41) is 18.1. The van der Waals surface area contributed by atoms with Crippen molar-refractivity contribution in [2.45, 2.75) is 0 Å². The predicted octanol–water partition coefficient (Wildman–Crippen LogP) is 0.217. The largest absolute Gasteiger partial charge is 0.496 e. The molecule has 0 bridgehead atoms. The number of azo groups is 1. The first-order valence-corrected chi connectivity index (χ1v) is 7.49. The molecule has 0 spiro atoms. The molecule has 1 aromatic heterocycles. The van der Waals surface area contributed by atoms with Crippen molar-refractivity contribution in [3.8, 4) is 11.6 Å². The van der Waals surface area contributed by atoms with E-state index in [0.717, 1.165) is 0 Å². The third kappa shape index (κ3) is 5.49. The molecule has 11 heteroatoms. The van der Waals surface area contributed by atoms with Crippen LogP contribution in [0.3, 0.4) is 0 Å². The highest BCUT2D eigenvalue weighted by molar-refractivity contribution is 5.94. The van der Waals surface area contributed by atoms with Crippen molar-refractivity contribution in [3.63, 3.8) is 0 Å². The molecule has 0 aliphatic heterocycles. The highest BCUT2D eigenvalue weighted by Crippen LogP contribution is 2.18. The lowest BCUT2D eigenvalue weighted by Gasteiger charge is -2.03. The number of H-pyrrole nitrogens is 2. The number of ether oxygens (including phenoxy) is 1. The Morgan fingerprint density at radius 2 is 2.00 bits per heavy atom. The highest BCUT2D eigenvalue weighted by atomic mass is 16.5. The molecule has 0 aliphatic carbocycles. The molecule has 4 N–H and O–H groups in total. The summed E-state index contributed by atoms with van der Waals surface area (Å²) in [5.74, 6) is -1.69. The molecule has 2 amide bonds. The number of nitrogens with one attached hydrogen (secondary N) is 3. The minimum atomic E-state index is -1.02. The van der Waals surface area contributed by atoms with Crippen LogP contribution >= 0.6 is 0 Å². The lowest BCUT2D eigenvalue weighted by atomic mass is 10.2. The molecule has 0 saturated carbocycles. The Hall–Kier alpha value is -4.02. The molecule has 0 fully saturated rings. The number of carbonyl (C=O) groups is 2. The number of para-hydroxylation sites is 1. The number of carbonyl (C=O) groups excluding carboxylic acids is 2. The smallest absolute Gasteiger partial charge is 0.328 e. The molecule has 2 rings (SSSR count). The molecule has 140 valence electrons. The van der Waals surface area contributed by atoms with Gasteiger partial charge in [-0.15, -0.1) is 10.2 Å². The van der Waals surface area contributed by atoms with Crippen LogP contribution in [0.1, 0.15) is 5.56 Å². The van der Waals surface area contributed by atoms with Crippen molar-refractivity contribution in [1.82, 2.24) is 15.3 Å². The molecular formula is C16H15N5O6. The number of nitrogens with zero attached hydrogens (tertiary/aromatic N) is 2. The van der Waals surface area contributed by atoms with Gasteiger partial charge in [0.2, 0.25) is 17.5 Å². The van der Waals surface area contributed by atoms with Crippen LogP contribution in [-0.2, 0) is 9.59 Å². The minimum Gasteiger partial charge on any atom is -0.496 e. The Bertz CT molecular complexity index is 1020. The fraction of sp³-hybridized carbons (Fsp3) is 0.125. The molecular weight excluding hydrogens is 358 g/mol. The third-order valence-corrected chi connectivity index (χ3v) is 3.13. The van der Waals surface area contributed by atoms with Gasteiger partial charge in [-0.2, -0.15) is 0 Å². The topological polar surface area (TPSA) is 166 Å².